The van der Waals surface area contributed by atoms with Gasteiger partial charge in [-0.3, -0.25) is 11.3 Å². The molecule has 0 saturated carbocycles. The number of nitrogens with one attached hydrogen (secondary N) is 1. The zero-order valence-electron chi connectivity index (χ0n) is 10.2. The average Bonchev–Trinajstić information content (AvgIpc) is 2.29. The second kappa shape index (κ2) is 6.14. The van der Waals surface area contributed by atoms with E-state index < -0.39 is 47.9 Å². The van der Waals surface area contributed by atoms with E-state index >= 15 is 0 Å². The van der Waals surface area contributed by atoms with Crippen LogP contribution in [-0.4, -0.2) is 18.4 Å². The highest BCUT2D eigenvalue weighted by atomic mass is 19.4. The molecule has 1 aromatic rings. The fourth-order valence-electron chi connectivity index (χ4n) is 1.85. The van der Waals surface area contributed by atoms with Crippen molar-refractivity contribution >= 4 is 0 Å². The number of hydrogen-bond donors (Lipinski definition) is 2. The molecule has 0 saturated heterocycles. The van der Waals surface area contributed by atoms with Crippen molar-refractivity contribution in [1.29, 1.82) is 0 Å². The van der Waals surface area contributed by atoms with E-state index in [1.807, 2.05) is 0 Å². The summed E-state index contributed by atoms with van der Waals surface area (Å²) in [6.45, 7) is 0. The molecule has 1 atom stereocenters. The second-order valence-corrected chi connectivity index (χ2v) is 4.27. The Hall–Kier alpha value is -1.42. The normalized spacial score (nSPS) is 14.6. The lowest BCUT2D eigenvalue weighted by atomic mass is 9.92. The Morgan fingerprint density at radius 2 is 1.52 bits per heavy atom. The van der Waals surface area contributed by atoms with Crippen molar-refractivity contribution in [1.82, 2.24) is 5.43 Å². The van der Waals surface area contributed by atoms with Crippen LogP contribution in [-0.2, 0) is 6.42 Å². The summed E-state index contributed by atoms with van der Waals surface area (Å²) in [4.78, 5) is 0. The predicted molar refractivity (Wildman–Crippen MR) is 56.8 cm³/mol. The maximum Gasteiger partial charge on any atom is 0.402 e. The van der Waals surface area contributed by atoms with E-state index in [-0.39, 0.29) is 0 Å². The summed E-state index contributed by atoms with van der Waals surface area (Å²) in [7, 11) is 0. The zero-order chi connectivity index (χ0) is 16.4. The van der Waals surface area contributed by atoms with Crippen molar-refractivity contribution in [2.45, 2.75) is 24.8 Å². The van der Waals surface area contributed by atoms with Crippen LogP contribution < -0.4 is 11.3 Å². The van der Waals surface area contributed by atoms with Crippen molar-refractivity contribution in [3.8, 4) is 0 Å². The Morgan fingerprint density at radius 3 is 1.95 bits per heavy atom. The van der Waals surface area contributed by atoms with E-state index in [0.717, 1.165) is 0 Å². The first-order chi connectivity index (χ1) is 9.46. The molecule has 3 N–H and O–H groups in total. The summed E-state index contributed by atoms with van der Waals surface area (Å²) in [5.41, 5.74) is 0.739. The summed E-state index contributed by atoms with van der Waals surface area (Å²) in [5, 5.41) is 0. The lowest BCUT2D eigenvalue weighted by Gasteiger charge is -2.30. The third kappa shape index (κ3) is 4.53. The van der Waals surface area contributed by atoms with E-state index in [0.29, 0.717) is 18.2 Å². The summed E-state index contributed by atoms with van der Waals surface area (Å²) in [6.07, 6.45) is -12.4. The SMILES string of the molecule is NNC(Cc1cc(F)ccc1F)C(C(F)(F)F)C(F)(F)F. The quantitative estimate of drug-likeness (QED) is 0.508. The van der Waals surface area contributed by atoms with Gasteiger partial charge in [0.2, 0.25) is 0 Å². The molecular formula is C11H10F8N2. The average molecular weight is 322 g/mol. The van der Waals surface area contributed by atoms with Crippen molar-refractivity contribution in [2.75, 3.05) is 0 Å². The molecule has 0 aliphatic heterocycles. The largest absolute Gasteiger partial charge is 0.402 e. The van der Waals surface area contributed by atoms with Gasteiger partial charge in [0.1, 0.15) is 11.6 Å². The predicted octanol–water partition coefficient (Wildman–Crippen LogP) is 3.08. The van der Waals surface area contributed by atoms with Crippen LogP contribution >= 0.6 is 0 Å². The standard InChI is InChI=1S/C11H10F8N2/c12-6-1-2-7(13)5(3-6)4-8(21-20)9(10(14,15)16)11(17,18)19/h1-3,8-9,21H,4,20H2. The van der Waals surface area contributed by atoms with Crippen molar-refractivity contribution < 1.29 is 35.1 Å². The lowest BCUT2D eigenvalue weighted by molar-refractivity contribution is -0.291. The molecule has 1 rings (SSSR count). The minimum absolute atomic E-state index is 0.517. The first-order valence-electron chi connectivity index (χ1n) is 5.50. The number of alkyl halides is 6. The fourth-order valence-corrected chi connectivity index (χ4v) is 1.85. The van der Waals surface area contributed by atoms with Gasteiger partial charge in [-0.15, -0.1) is 0 Å². The van der Waals surface area contributed by atoms with Crippen LogP contribution in [0, 0.1) is 17.6 Å². The minimum Gasteiger partial charge on any atom is -0.271 e. The minimum atomic E-state index is -5.64. The number of rotatable bonds is 4. The van der Waals surface area contributed by atoms with E-state index in [2.05, 4.69) is 0 Å². The molecular weight excluding hydrogens is 312 g/mol. The van der Waals surface area contributed by atoms with Gasteiger partial charge in [-0.05, 0) is 30.2 Å². The highest BCUT2D eigenvalue weighted by Gasteiger charge is 2.60. The Balaban J connectivity index is 3.13. The molecule has 0 fully saturated rings. The Bertz CT molecular complexity index is 468. The van der Waals surface area contributed by atoms with Crippen LogP contribution in [0.25, 0.3) is 0 Å². The molecule has 10 heteroatoms. The maximum atomic E-state index is 13.3. The van der Waals surface area contributed by atoms with Gasteiger partial charge in [-0.2, -0.15) is 26.3 Å². The zero-order valence-corrected chi connectivity index (χ0v) is 10.2. The van der Waals surface area contributed by atoms with Crippen LogP contribution in [0.2, 0.25) is 0 Å². The third-order valence-electron chi connectivity index (χ3n) is 2.77. The molecule has 2 nitrogen and oxygen atoms in total. The van der Waals surface area contributed by atoms with Gasteiger partial charge in [-0.25, -0.2) is 8.78 Å². The smallest absolute Gasteiger partial charge is 0.271 e. The first-order valence-corrected chi connectivity index (χ1v) is 5.50. The Kier molecular flexibility index (Phi) is 5.16. The number of hydrogen-bond acceptors (Lipinski definition) is 2. The molecule has 0 spiro atoms. The summed E-state index contributed by atoms with van der Waals surface area (Å²) in [6, 6.07) is -0.576. The highest BCUT2D eigenvalue weighted by Crippen LogP contribution is 2.42. The van der Waals surface area contributed by atoms with E-state index in [1.54, 1.807) is 0 Å². The van der Waals surface area contributed by atoms with Crippen molar-refractivity contribution in [2.24, 2.45) is 11.8 Å². The maximum absolute atomic E-state index is 13.3. The van der Waals surface area contributed by atoms with Crippen molar-refractivity contribution in [3.63, 3.8) is 0 Å². The molecule has 0 bridgehead atoms. The highest BCUT2D eigenvalue weighted by molar-refractivity contribution is 5.20. The van der Waals surface area contributed by atoms with Gasteiger partial charge in [-0.1, -0.05) is 0 Å². The Morgan fingerprint density at radius 1 is 1.00 bits per heavy atom. The number of hydrazine groups is 1. The van der Waals surface area contributed by atoms with Gasteiger partial charge in [0.05, 0.1) is 0 Å². The molecule has 0 amide bonds. The van der Waals surface area contributed by atoms with Crippen LogP contribution in [0.3, 0.4) is 0 Å². The van der Waals surface area contributed by atoms with Crippen LogP contribution in [0.4, 0.5) is 35.1 Å². The van der Waals surface area contributed by atoms with Gasteiger partial charge in [0.15, 0.2) is 5.92 Å². The van der Waals surface area contributed by atoms with E-state index in [9.17, 15) is 35.1 Å². The third-order valence-corrected chi connectivity index (χ3v) is 2.77. The fraction of sp³-hybridized carbons (Fsp3) is 0.455. The molecule has 0 heterocycles. The molecule has 0 aromatic heterocycles. The van der Waals surface area contributed by atoms with Gasteiger partial charge in [0.25, 0.3) is 0 Å². The van der Waals surface area contributed by atoms with Gasteiger partial charge in [0, 0.05) is 6.04 Å². The summed E-state index contributed by atoms with van der Waals surface area (Å²) in [5.74, 6) is -1.18. The van der Waals surface area contributed by atoms with Gasteiger partial charge >= 0.3 is 12.4 Å². The summed E-state index contributed by atoms with van der Waals surface area (Å²) >= 11 is 0. The molecule has 1 aromatic carbocycles. The molecule has 120 valence electrons. The topological polar surface area (TPSA) is 38.0 Å². The molecule has 21 heavy (non-hydrogen) atoms. The lowest BCUT2D eigenvalue weighted by Crippen LogP contribution is -2.54. The molecule has 1 unspecified atom stereocenters. The Labute approximate surface area is 113 Å². The first kappa shape index (κ1) is 17.6. The number of nitrogens with two attached hydrogens (primary N) is 1. The summed E-state index contributed by atoms with van der Waals surface area (Å²) < 4.78 is 102. The number of halogens is 8. The van der Waals surface area contributed by atoms with Crippen molar-refractivity contribution in [3.05, 3.63) is 35.4 Å². The van der Waals surface area contributed by atoms with Crippen LogP contribution in [0.15, 0.2) is 18.2 Å². The molecule has 0 aliphatic rings. The monoisotopic (exact) mass is 322 g/mol. The number of benzene rings is 1. The van der Waals surface area contributed by atoms with Gasteiger partial charge < -0.3 is 0 Å². The molecule has 0 radical (unpaired) electrons. The second-order valence-electron chi connectivity index (χ2n) is 4.27. The van der Waals surface area contributed by atoms with E-state index in [1.165, 1.54) is 5.43 Å². The van der Waals surface area contributed by atoms with Crippen LogP contribution in [0.5, 0.6) is 0 Å². The molecule has 0 aliphatic carbocycles. The van der Waals surface area contributed by atoms with Crippen LogP contribution in [0.1, 0.15) is 5.56 Å². The van der Waals surface area contributed by atoms with E-state index in [4.69, 9.17) is 5.84 Å².